The smallest absolute Gasteiger partial charge is 0.176 e. The fraction of sp³-hybridized carbons (Fsp3) is 0.611. The first-order valence-electron chi connectivity index (χ1n) is 8.08. The molecule has 1 aliphatic rings. The number of nitrogens with one attached hydrogen (secondary N) is 1. The molecule has 1 N–H and O–H groups in total. The molecule has 116 valence electrons. The minimum Gasteiger partial charge on any atom is -0.384 e. The van der Waals surface area contributed by atoms with Crippen LogP contribution in [0.2, 0.25) is 0 Å². The summed E-state index contributed by atoms with van der Waals surface area (Å²) in [6.07, 6.45) is 1.03. The Kier molecular flexibility index (Phi) is 5.40. The molecule has 1 aromatic carbocycles. The molecule has 0 saturated carbocycles. The molecule has 0 atom stereocenters. The molecule has 0 bridgehead atoms. The van der Waals surface area contributed by atoms with E-state index in [1.807, 2.05) is 12.1 Å². The fourth-order valence-electron chi connectivity index (χ4n) is 3.01. The van der Waals surface area contributed by atoms with Crippen molar-refractivity contribution >= 4 is 11.5 Å². The summed E-state index contributed by atoms with van der Waals surface area (Å²) in [5.74, 6) is 1.41. The third-order valence-electron chi connectivity index (χ3n) is 3.75. The van der Waals surface area contributed by atoms with Crippen molar-refractivity contribution in [3.8, 4) is 0 Å². The summed E-state index contributed by atoms with van der Waals surface area (Å²) < 4.78 is 0. The highest BCUT2D eigenvalue weighted by molar-refractivity contribution is 5.98. The third-order valence-corrected chi connectivity index (χ3v) is 3.75. The summed E-state index contributed by atoms with van der Waals surface area (Å²) in [5.41, 5.74) is 3.32. The van der Waals surface area contributed by atoms with Crippen molar-refractivity contribution in [2.45, 2.75) is 34.1 Å². The molecule has 3 heteroatoms. The second-order valence-corrected chi connectivity index (χ2v) is 6.95. The lowest BCUT2D eigenvalue weighted by molar-refractivity contribution is 0.0912. The van der Waals surface area contributed by atoms with E-state index in [0.717, 1.165) is 31.6 Å². The highest BCUT2D eigenvalue weighted by Crippen LogP contribution is 2.23. The molecule has 1 aliphatic heterocycles. The van der Waals surface area contributed by atoms with Gasteiger partial charge in [-0.3, -0.25) is 9.69 Å². The molecule has 0 aromatic heterocycles. The number of Topliss-reactive ketones (excluding diaryl/α,β-unsaturated/α-hetero) is 1. The highest BCUT2D eigenvalue weighted by atomic mass is 16.1. The van der Waals surface area contributed by atoms with E-state index in [2.05, 4.69) is 44.0 Å². The first-order chi connectivity index (χ1) is 9.95. The van der Waals surface area contributed by atoms with E-state index in [4.69, 9.17) is 0 Å². The van der Waals surface area contributed by atoms with Gasteiger partial charge in [0.1, 0.15) is 0 Å². The number of anilines is 1. The number of hydrogen-bond acceptors (Lipinski definition) is 3. The normalized spacial score (nSPS) is 13.9. The van der Waals surface area contributed by atoms with Crippen LogP contribution in [0.4, 0.5) is 5.69 Å². The number of fused-ring (bicyclic) bond motifs is 1. The Labute approximate surface area is 128 Å². The van der Waals surface area contributed by atoms with Crippen LogP contribution in [0.1, 0.15) is 43.6 Å². The summed E-state index contributed by atoms with van der Waals surface area (Å²) in [7, 11) is 0. The average molecular weight is 288 g/mol. The Hall–Kier alpha value is -1.35. The van der Waals surface area contributed by atoms with E-state index >= 15 is 0 Å². The van der Waals surface area contributed by atoms with Crippen molar-refractivity contribution in [3.05, 3.63) is 29.3 Å². The Morgan fingerprint density at radius 2 is 1.86 bits per heavy atom. The van der Waals surface area contributed by atoms with E-state index in [0.29, 0.717) is 18.4 Å². The molecular formula is C18H28N2O. The van der Waals surface area contributed by atoms with E-state index < -0.39 is 0 Å². The van der Waals surface area contributed by atoms with Gasteiger partial charge >= 0.3 is 0 Å². The molecule has 0 spiro atoms. The van der Waals surface area contributed by atoms with Crippen molar-refractivity contribution in [1.82, 2.24) is 4.90 Å². The van der Waals surface area contributed by atoms with Gasteiger partial charge in [0.25, 0.3) is 0 Å². The molecule has 0 radical (unpaired) electrons. The second-order valence-electron chi connectivity index (χ2n) is 6.95. The molecule has 3 nitrogen and oxygen atoms in total. The molecular weight excluding hydrogens is 260 g/mol. The Bertz CT molecular complexity index is 484. The van der Waals surface area contributed by atoms with Gasteiger partial charge in [-0.15, -0.1) is 0 Å². The predicted molar refractivity (Wildman–Crippen MR) is 89.1 cm³/mol. The molecule has 21 heavy (non-hydrogen) atoms. The van der Waals surface area contributed by atoms with Crippen LogP contribution in [0.5, 0.6) is 0 Å². The topological polar surface area (TPSA) is 32.3 Å². The van der Waals surface area contributed by atoms with Gasteiger partial charge in [0.15, 0.2) is 5.78 Å². The summed E-state index contributed by atoms with van der Waals surface area (Å²) in [6.45, 7) is 12.3. The monoisotopic (exact) mass is 288 g/mol. The van der Waals surface area contributed by atoms with Crippen LogP contribution in [0, 0.1) is 11.8 Å². The van der Waals surface area contributed by atoms with Crippen molar-refractivity contribution in [1.29, 1.82) is 0 Å². The standard InChI is InChI=1S/C18H28N2O/c1-13(2)10-20(11-14(3)4)12-18(21)16-5-6-17-15(9-16)7-8-19-17/h5-6,9,13-14,19H,7-8,10-12H2,1-4H3. The van der Waals surface area contributed by atoms with Gasteiger partial charge in [-0.1, -0.05) is 27.7 Å². The van der Waals surface area contributed by atoms with Crippen molar-refractivity contribution in [3.63, 3.8) is 0 Å². The van der Waals surface area contributed by atoms with Crippen LogP contribution >= 0.6 is 0 Å². The van der Waals surface area contributed by atoms with Gasteiger partial charge in [0, 0.05) is 30.9 Å². The number of carbonyl (C=O) groups excluding carboxylic acids is 1. The van der Waals surface area contributed by atoms with E-state index in [1.165, 1.54) is 11.3 Å². The van der Waals surface area contributed by atoms with Gasteiger partial charge < -0.3 is 5.32 Å². The maximum Gasteiger partial charge on any atom is 0.176 e. The van der Waals surface area contributed by atoms with E-state index in [1.54, 1.807) is 0 Å². The second kappa shape index (κ2) is 7.08. The first-order valence-corrected chi connectivity index (χ1v) is 8.08. The molecule has 1 aromatic rings. The van der Waals surface area contributed by atoms with Crippen LogP contribution in [0.25, 0.3) is 0 Å². The number of hydrogen-bond donors (Lipinski definition) is 1. The highest BCUT2D eigenvalue weighted by Gasteiger charge is 2.17. The quantitative estimate of drug-likeness (QED) is 0.780. The molecule has 2 rings (SSSR count). The van der Waals surface area contributed by atoms with Gasteiger partial charge in [-0.25, -0.2) is 0 Å². The van der Waals surface area contributed by atoms with Crippen LogP contribution in [-0.2, 0) is 6.42 Å². The summed E-state index contributed by atoms with van der Waals surface area (Å²) in [5, 5.41) is 3.34. The largest absolute Gasteiger partial charge is 0.384 e. The summed E-state index contributed by atoms with van der Waals surface area (Å²) in [4.78, 5) is 14.9. The first kappa shape index (κ1) is 16.0. The Morgan fingerprint density at radius 3 is 2.48 bits per heavy atom. The van der Waals surface area contributed by atoms with Crippen molar-refractivity contribution in [2.24, 2.45) is 11.8 Å². The predicted octanol–water partition coefficient (Wildman–Crippen LogP) is 3.45. The molecule has 0 amide bonds. The SMILES string of the molecule is CC(C)CN(CC(=O)c1ccc2c(c1)CCN2)CC(C)C. The molecule has 1 heterocycles. The number of benzene rings is 1. The van der Waals surface area contributed by atoms with Crippen molar-refractivity contribution in [2.75, 3.05) is 31.5 Å². The number of ketones is 1. The van der Waals surface area contributed by atoms with Crippen LogP contribution in [0.15, 0.2) is 18.2 Å². The maximum atomic E-state index is 12.6. The lowest BCUT2D eigenvalue weighted by Gasteiger charge is -2.25. The summed E-state index contributed by atoms with van der Waals surface area (Å²) >= 11 is 0. The van der Waals surface area contributed by atoms with E-state index in [-0.39, 0.29) is 5.78 Å². The van der Waals surface area contributed by atoms with E-state index in [9.17, 15) is 4.79 Å². The average Bonchev–Trinajstić information content (AvgIpc) is 2.83. The lowest BCUT2D eigenvalue weighted by atomic mass is 10.0. The third kappa shape index (κ3) is 4.57. The minimum absolute atomic E-state index is 0.242. The van der Waals surface area contributed by atoms with Crippen LogP contribution < -0.4 is 5.32 Å². The summed E-state index contributed by atoms with van der Waals surface area (Å²) in [6, 6.07) is 6.08. The minimum atomic E-state index is 0.242. The van der Waals surface area contributed by atoms with Crippen LogP contribution in [-0.4, -0.2) is 36.9 Å². The zero-order valence-electron chi connectivity index (χ0n) is 13.8. The van der Waals surface area contributed by atoms with Gasteiger partial charge in [-0.05, 0) is 42.0 Å². The van der Waals surface area contributed by atoms with Crippen molar-refractivity contribution < 1.29 is 4.79 Å². The lowest BCUT2D eigenvalue weighted by Crippen LogP contribution is -2.35. The Balaban J connectivity index is 2.04. The van der Waals surface area contributed by atoms with Gasteiger partial charge in [0.05, 0.1) is 6.54 Å². The maximum absolute atomic E-state index is 12.6. The van der Waals surface area contributed by atoms with Crippen LogP contribution in [0.3, 0.4) is 0 Å². The fourth-order valence-corrected chi connectivity index (χ4v) is 3.01. The molecule has 0 unspecified atom stereocenters. The molecule has 0 aliphatic carbocycles. The molecule has 0 fully saturated rings. The number of carbonyl (C=O) groups is 1. The van der Waals surface area contributed by atoms with Gasteiger partial charge in [0.2, 0.25) is 0 Å². The van der Waals surface area contributed by atoms with Gasteiger partial charge in [-0.2, -0.15) is 0 Å². The number of nitrogens with zero attached hydrogens (tertiary/aromatic N) is 1. The zero-order chi connectivity index (χ0) is 15.4. The molecule has 0 saturated heterocycles. The zero-order valence-corrected chi connectivity index (χ0v) is 13.8. The Morgan fingerprint density at radius 1 is 1.19 bits per heavy atom. The number of rotatable bonds is 7.